The molecule has 2 N–H and O–H groups in total. The predicted molar refractivity (Wildman–Crippen MR) is 59.7 cm³/mol. The molecule has 88 valence electrons. The largest absolute Gasteiger partial charge is 0.475 e. The number of hydrogen-bond donors (Lipinski definition) is 2. The van der Waals surface area contributed by atoms with E-state index in [0.29, 0.717) is 11.6 Å². The fraction of sp³-hybridized carbons (Fsp3) is 0.400. The van der Waals surface area contributed by atoms with Crippen molar-refractivity contribution in [2.45, 2.75) is 24.2 Å². The van der Waals surface area contributed by atoms with Crippen molar-refractivity contribution in [1.29, 1.82) is 0 Å². The zero-order valence-corrected chi connectivity index (χ0v) is 9.84. The minimum Gasteiger partial charge on any atom is -0.475 e. The quantitative estimate of drug-likeness (QED) is 0.768. The molecule has 1 atom stereocenters. The molecule has 5 nitrogen and oxygen atoms in total. The predicted octanol–water partition coefficient (Wildman–Crippen LogP) is 1.59. The molecule has 0 aromatic carbocycles. The Morgan fingerprint density at radius 2 is 2.25 bits per heavy atom. The molecule has 1 aromatic heterocycles. The molecule has 0 radical (unpaired) electrons. The van der Waals surface area contributed by atoms with E-state index in [9.17, 15) is 9.59 Å². The first-order chi connectivity index (χ1) is 7.54. The highest BCUT2D eigenvalue weighted by Crippen LogP contribution is 2.25. The summed E-state index contributed by atoms with van der Waals surface area (Å²) >= 11 is 1.19. The number of furan rings is 1. The SMILES string of the molecule is CCNC(=O)C(C)Sc1ccc(C(=O)O)o1. The Labute approximate surface area is 97.2 Å². The van der Waals surface area contributed by atoms with Gasteiger partial charge in [-0.3, -0.25) is 4.79 Å². The standard InChI is InChI=1S/C10H13NO4S/c1-3-11-9(12)6(2)16-8-5-4-7(15-8)10(13)14/h4-6H,3H2,1-2H3,(H,11,12)(H,13,14). The van der Waals surface area contributed by atoms with E-state index in [1.165, 1.54) is 17.8 Å². The van der Waals surface area contributed by atoms with E-state index in [4.69, 9.17) is 9.52 Å². The van der Waals surface area contributed by atoms with Crippen LogP contribution in [0.2, 0.25) is 0 Å². The van der Waals surface area contributed by atoms with Gasteiger partial charge in [0.1, 0.15) is 0 Å². The molecular weight excluding hydrogens is 230 g/mol. The van der Waals surface area contributed by atoms with E-state index in [0.717, 1.165) is 0 Å². The summed E-state index contributed by atoms with van der Waals surface area (Å²) in [6.07, 6.45) is 0. The molecule has 1 aromatic rings. The molecular formula is C10H13NO4S. The number of thioether (sulfide) groups is 1. The van der Waals surface area contributed by atoms with Crippen LogP contribution in [0.5, 0.6) is 0 Å². The van der Waals surface area contributed by atoms with E-state index < -0.39 is 5.97 Å². The summed E-state index contributed by atoms with van der Waals surface area (Å²) in [6, 6.07) is 2.92. The molecule has 0 spiro atoms. The summed E-state index contributed by atoms with van der Waals surface area (Å²) < 4.78 is 5.03. The van der Waals surface area contributed by atoms with Gasteiger partial charge in [-0.1, -0.05) is 11.8 Å². The molecule has 6 heteroatoms. The van der Waals surface area contributed by atoms with Gasteiger partial charge in [-0.25, -0.2) is 4.79 Å². The Balaban J connectivity index is 2.59. The third-order valence-electron chi connectivity index (χ3n) is 1.81. The zero-order chi connectivity index (χ0) is 12.1. The zero-order valence-electron chi connectivity index (χ0n) is 9.02. The summed E-state index contributed by atoms with van der Waals surface area (Å²) in [5, 5.41) is 11.4. The molecule has 1 amide bonds. The van der Waals surface area contributed by atoms with Crippen LogP contribution >= 0.6 is 11.8 Å². The molecule has 0 aliphatic carbocycles. The fourth-order valence-electron chi connectivity index (χ4n) is 1.04. The average molecular weight is 243 g/mol. The number of carbonyl (C=O) groups excluding carboxylic acids is 1. The van der Waals surface area contributed by atoms with Crippen LogP contribution < -0.4 is 5.32 Å². The molecule has 1 rings (SSSR count). The van der Waals surface area contributed by atoms with Crippen molar-refractivity contribution in [2.75, 3.05) is 6.54 Å². The van der Waals surface area contributed by atoms with Crippen LogP contribution in [0.15, 0.2) is 21.6 Å². The van der Waals surface area contributed by atoms with Crippen molar-refractivity contribution in [2.24, 2.45) is 0 Å². The third kappa shape index (κ3) is 3.30. The van der Waals surface area contributed by atoms with Gasteiger partial charge in [0.25, 0.3) is 0 Å². The molecule has 0 fully saturated rings. The summed E-state index contributed by atoms with van der Waals surface area (Å²) in [4.78, 5) is 22.0. The van der Waals surface area contributed by atoms with Crippen LogP contribution in [0, 0.1) is 0 Å². The number of aromatic carboxylic acids is 1. The first-order valence-electron chi connectivity index (χ1n) is 4.82. The third-order valence-corrected chi connectivity index (χ3v) is 2.82. The second-order valence-corrected chi connectivity index (χ2v) is 4.42. The number of amides is 1. The number of rotatable bonds is 5. The van der Waals surface area contributed by atoms with E-state index in [-0.39, 0.29) is 16.9 Å². The minimum absolute atomic E-state index is 0.0965. The van der Waals surface area contributed by atoms with Crippen molar-refractivity contribution in [3.8, 4) is 0 Å². The second kappa shape index (κ2) is 5.60. The van der Waals surface area contributed by atoms with Crippen molar-refractivity contribution in [3.63, 3.8) is 0 Å². The summed E-state index contributed by atoms with van der Waals surface area (Å²) in [5.74, 6) is -1.33. The van der Waals surface area contributed by atoms with E-state index in [1.807, 2.05) is 6.92 Å². The maximum atomic E-state index is 11.4. The van der Waals surface area contributed by atoms with Gasteiger partial charge in [0.2, 0.25) is 11.7 Å². The molecule has 0 saturated carbocycles. The molecule has 1 heterocycles. The normalized spacial score (nSPS) is 12.1. The second-order valence-electron chi connectivity index (χ2n) is 3.08. The molecule has 16 heavy (non-hydrogen) atoms. The van der Waals surface area contributed by atoms with Gasteiger partial charge in [0.15, 0.2) is 5.09 Å². The van der Waals surface area contributed by atoms with Crippen LogP contribution in [0.3, 0.4) is 0 Å². The summed E-state index contributed by atoms with van der Waals surface area (Å²) in [5.41, 5.74) is 0. The molecule has 1 unspecified atom stereocenters. The molecule has 0 bridgehead atoms. The minimum atomic E-state index is -1.11. The van der Waals surface area contributed by atoms with Gasteiger partial charge in [-0.15, -0.1) is 0 Å². The number of carboxylic acids is 1. The van der Waals surface area contributed by atoms with Crippen LogP contribution in [0.4, 0.5) is 0 Å². The Bertz CT molecular complexity index is 388. The maximum absolute atomic E-state index is 11.4. The topological polar surface area (TPSA) is 79.5 Å². The van der Waals surface area contributed by atoms with Gasteiger partial charge < -0.3 is 14.8 Å². The van der Waals surface area contributed by atoms with Gasteiger partial charge >= 0.3 is 5.97 Å². The Morgan fingerprint density at radius 3 is 2.75 bits per heavy atom. The smallest absolute Gasteiger partial charge is 0.371 e. The van der Waals surface area contributed by atoms with Crippen LogP contribution in [-0.2, 0) is 4.79 Å². The van der Waals surface area contributed by atoms with Gasteiger partial charge in [-0.05, 0) is 26.0 Å². The lowest BCUT2D eigenvalue weighted by Gasteiger charge is -2.08. The van der Waals surface area contributed by atoms with Crippen molar-refractivity contribution in [1.82, 2.24) is 5.32 Å². The van der Waals surface area contributed by atoms with Crippen molar-refractivity contribution in [3.05, 3.63) is 17.9 Å². The lowest BCUT2D eigenvalue weighted by atomic mass is 10.4. The lowest BCUT2D eigenvalue weighted by Crippen LogP contribution is -2.30. The summed E-state index contributed by atoms with van der Waals surface area (Å²) in [7, 11) is 0. The van der Waals surface area contributed by atoms with Crippen LogP contribution in [0.25, 0.3) is 0 Å². The first kappa shape index (κ1) is 12.6. The van der Waals surface area contributed by atoms with Crippen molar-refractivity contribution < 1.29 is 19.1 Å². The number of carbonyl (C=O) groups is 2. The van der Waals surface area contributed by atoms with E-state index in [2.05, 4.69) is 5.32 Å². The summed E-state index contributed by atoms with van der Waals surface area (Å²) in [6.45, 7) is 4.14. The van der Waals surface area contributed by atoms with Crippen LogP contribution in [0.1, 0.15) is 24.4 Å². The average Bonchev–Trinajstić information content (AvgIpc) is 2.66. The highest BCUT2D eigenvalue weighted by Gasteiger charge is 2.16. The highest BCUT2D eigenvalue weighted by molar-refractivity contribution is 8.00. The van der Waals surface area contributed by atoms with Crippen LogP contribution in [-0.4, -0.2) is 28.8 Å². The number of carboxylic acid groups (broad SMARTS) is 1. The van der Waals surface area contributed by atoms with Gasteiger partial charge in [-0.2, -0.15) is 0 Å². The fourth-order valence-corrected chi connectivity index (χ4v) is 1.87. The lowest BCUT2D eigenvalue weighted by molar-refractivity contribution is -0.120. The Kier molecular flexibility index (Phi) is 4.42. The molecule has 0 saturated heterocycles. The number of nitrogens with one attached hydrogen (secondary N) is 1. The highest BCUT2D eigenvalue weighted by atomic mass is 32.2. The first-order valence-corrected chi connectivity index (χ1v) is 5.70. The molecule has 0 aliphatic heterocycles. The monoisotopic (exact) mass is 243 g/mol. The Hall–Kier alpha value is -1.43. The van der Waals surface area contributed by atoms with E-state index in [1.54, 1.807) is 13.0 Å². The maximum Gasteiger partial charge on any atom is 0.371 e. The van der Waals surface area contributed by atoms with Gasteiger partial charge in [0, 0.05) is 6.54 Å². The van der Waals surface area contributed by atoms with E-state index >= 15 is 0 Å². The molecule has 0 aliphatic rings. The Morgan fingerprint density at radius 1 is 1.56 bits per heavy atom. The van der Waals surface area contributed by atoms with Crippen molar-refractivity contribution >= 4 is 23.6 Å². The number of hydrogen-bond acceptors (Lipinski definition) is 4. The van der Waals surface area contributed by atoms with Gasteiger partial charge in [0.05, 0.1) is 5.25 Å².